The highest BCUT2D eigenvalue weighted by molar-refractivity contribution is 5.78. The van der Waals surface area contributed by atoms with Gasteiger partial charge in [0.2, 0.25) is 5.91 Å². The van der Waals surface area contributed by atoms with E-state index < -0.39 is 0 Å². The second-order valence-corrected chi connectivity index (χ2v) is 7.85. The van der Waals surface area contributed by atoms with Crippen LogP contribution in [0.15, 0.2) is 0 Å². The van der Waals surface area contributed by atoms with Crippen molar-refractivity contribution in [3.63, 3.8) is 0 Å². The number of nitrogens with one attached hydrogen (secondary N) is 2. The van der Waals surface area contributed by atoms with Gasteiger partial charge in [0.25, 0.3) is 0 Å². The quantitative estimate of drug-likeness (QED) is 0.785. The zero-order valence-corrected chi connectivity index (χ0v) is 15.5. The van der Waals surface area contributed by atoms with Crippen LogP contribution in [-0.2, 0) is 9.53 Å². The number of carbonyl (C=O) groups excluding carboxylic acids is 2. The second kappa shape index (κ2) is 8.36. The normalized spacial score (nSPS) is 28.0. The van der Waals surface area contributed by atoms with Gasteiger partial charge in [0.1, 0.15) is 0 Å². The first-order chi connectivity index (χ1) is 12.0. The molecule has 2 unspecified atom stereocenters. The molecule has 2 atom stereocenters. The number of nitrogens with zero attached hydrogens (tertiary/aromatic N) is 2. The van der Waals surface area contributed by atoms with Gasteiger partial charge in [-0.05, 0) is 32.2 Å². The van der Waals surface area contributed by atoms with E-state index in [0.29, 0.717) is 12.6 Å². The van der Waals surface area contributed by atoms with Crippen LogP contribution in [0.4, 0.5) is 4.79 Å². The molecule has 7 heteroatoms. The van der Waals surface area contributed by atoms with Gasteiger partial charge in [-0.25, -0.2) is 4.79 Å². The molecule has 0 saturated carbocycles. The van der Waals surface area contributed by atoms with Crippen molar-refractivity contribution in [2.45, 2.75) is 57.7 Å². The lowest BCUT2D eigenvalue weighted by Crippen LogP contribution is -2.53. The van der Waals surface area contributed by atoms with Crippen molar-refractivity contribution >= 4 is 11.9 Å². The number of rotatable bonds is 4. The van der Waals surface area contributed by atoms with E-state index in [9.17, 15) is 9.59 Å². The van der Waals surface area contributed by atoms with Gasteiger partial charge >= 0.3 is 6.03 Å². The topological polar surface area (TPSA) is 73.9 Å². The van der Waals surface area contributed by atoms with Crippen molar-refractivity contribution in [1.29, 1.82) is 0 Å². The highest BCUT2D eigenvalue weighted by Gasteiger charge is 2.32. The van der Waals surface area contributed by atoms with Crippen molar-refractivity contribution in [1.82, 2.24) is 20.4 Å². The number of likely N-dealkylation sites (tertiary alicyclic amines) is 1. The molecule has 0 aromatic carbocycles. The Hall–Kier alpha value is -1.34. The molecule has 25 heavy (non-hydrogen) atoms. The maximum Gasteiger partial charge on any atom is 0.315 e. The number of ether oxygens (including phenoxy) is 1. The maximum atomic E-state index is 12.1. The Morgan fingerprint density at radius 2 is 1.92 bits per heavy atom. The lowest BCUT2D eigenvalue weighted by molar-refractivity contribution is -0.135. The minimum Gasteiger partial charge on any atom is -0.373 e. The first-order valence-corrected chi connectivity index (χ1v) is 9.71. The van der Waals surface area contributed by atoms with E-state index in [1.54, 1.807) is 0 Å². The number of morpholine rings is 1. The average Bonchev–Trinajstić information content (AvgIpc) is 3.07. The van der Waals surface area contributed by atoms with Crippen LogP contribution in [0, 0.1) is 5.92 Å². The molecule has 142 valence electrons. The molecule has 3 fully saturated rings. The largest absolute Gasteiger partial charge is 0.373 e. The van der Waals surface area contributed by atoms with Crippen LogP contribution in [0.5, 0.6) is 0 Å². The van der Waals surface area contributed by atoms with Gasteiger partial charge < -0.3 is 20.3 Å². The summed E-state index contributed by atoms with van der Waals surface area (Å²) in [6, 6.07) is 0.607. The zero-order valence-electron chi connectivity index (χ0n) is 15.5. The Bertz CT molecular complexity index is 477. The molecule has 0 aromatic heterocycles. The Morgan fingerprint density at radius 1 is 1.16 bits per heavy atom. The Kier molecular flexibility index (Phi) is 6.17. The van der Waals surface area contributed by atoms with E-state index in [1.165, 1.54) is 12.8 Å². The Morgan fingerprint density at radius 3 is 2.64 bits per heavy atom. The van der Waals surface area contributed by atoms with Crippen LogP contribution in [0.2, 0.25) is 0 Å². The second-order valence-electron chi connectivity index (χ2n) is 7.85. The average molecular weight is 352 g/mol. The number of hydrogen-bond acceptors (Lipinski definition) is 4. The fourth-order valence-electron chi connectivity index (χ4n) is 4.06. The number of carbonyl (C=O) groups is 2. The number of fused-ring (bicyclic) bond motifs is 1. The fraction of sp³-hybridized carbons (Fsp3) is 0.889. The molecule has 3 rings (SSSR count). The molecular formula is C18H32N4O3. The number of piperidine rings is 1. The number of hydrogen-bond donors (Lipinski definition) is 2. The molecule has 0 aromatic rings. The smallest absolute Gasteiger partial charge is 0.315 e. The van der Waals surface area contributed by atoms with E-state index in [2.05, 4.69) is 15.5 Å². The maximum absolute atomic E-state index is 12.1. The van der Waals surface area contributed by atoms with Crippen LogP contribution in [-0.4, -0.2) is 79.3 Å². The lowest BCUT2D eigenvalue weighted by Gasteiger charge is -2.35. The molecule has 7 nitrogen and oxygen atoms in total. The minimum absolute atomic E-state index is 0.0403. The Balaban J connectivity index is 1.33. The molecule has 3 aliphatic heterocycles. The fourth-order valence-corrected chi connectivity index (χ4v) is 4.06. The number of urea groups is 1. The first-order valence-electron chi connectivity index (χ1n) is 9.71. The van der Waals surface area contributed by atoms with Crippen LogP contribution in [0.1, 0.15) is 39.5 Å². The summed E-state index contributed by atoms with van der Waals surface area (Å²) in [6.07, 6.45) is 4.22. The third kappa shape index (κ3) is 4.85. The minimum atomic E-state index is -0.124. The van der Waals surface area contributed by atoms with Crippen molar-refractivity contribution in [3.05, 3.63) is 0 Å². The van der Waals surface area contributed by atoms with Crippen LogP contribution in [0.25, 0.3) is 0 Å². The molecule has 0 aliphatic carbocycles. The predicted octanol–water partition coefficient (Wildman–Crippen LogP) is 0.796. The molecule has 0 spiro atoms. The summed E-state index contributed by atoms with van der Waals surface area (Å²) in [4.78, 5) is 28.5. The van der Waals surface area contributed by atoms with Crippen molar-refractivity contribution < 1.29 is 14.3 Å². The van der Waals surface area contributed by atoms with Gasteiger partial charge in [-0.1, -0.05) is 13.8 Å². The summed E-state index contributed by atoms with van der Waals surface area (Å²) in [5.41, 5.74) is 0. The van der Waals surface area contributed by atoms with Crippen molar-refractivity contribution in [2.24, 2.45) is 5.92 Å². The molecule has 0 bridgehead atoms. The SMILES string of the molecule is CC(C)C(=O)N1CCC(NC(=O)NCC2CN3CCCC3CO2)CC1. The molecular weight excluding hydrogens is 320 g/mol. The molecule has 0 radical (unpaired) electrons. The summed E-state index contributed by atoms with van der Waals surface area (Å²) in [6.45, 7) is 8.73. The number of amides is 3. The molecule has 3 amide bonds. The summed E-state index contributed by atoms with van der Waals surface area (Å²) in [5, 5.41) is 5.99. The lowest BCUT2D eigenvalue weighted by atomic mass is 10.0. The van der Waals surface area contributed by atoms with E-state index in [4.69, 9.17) is 4.74 Å². The van der Waals surface area contributed by atoms with Gasteiger partial charge in [0.05, 0.1) is 12.7 Å². The van der Waals surface area contributed by atoms with Gasteiger partial charge in [-0.2, -0.15) is 0 Å². The first kappa shape index (κ1) is 18.5. The standard InChI is InChI=1S/C18H32N4O3/c1-13(2)17(23)21-8-5-14(6-9-21)20-18(24)19-10-16-11-22-7-3-4-15(22)12-25-16/h13-16H,3-12H2,1-2H3,(H2,19,20,24). The van der Waals surface area contributed by atoms with E-state index in [0.717, 1.165) is 45.6 Å². The third-order valence-electron chi connectivity index (χ3n) is 5.59. The van der Waals surface area contributed by atoms with Gasteiger partial charge in [-0.3, -0.25) is 9.69 Å². The predicted molar refractivity (Wildman–Crippen MR) is 95.3 cm³/mol. The highest BCUT2D eigenvalue weighted by atomic mass is 16.5. The van der Waals surface area contributed by atoms with E-state index >= 15 is 0 Å². The van der Waals surface area contributed by atoms with Gasteiger partial charge in [0, 0.05) is 44.2 Å². The van der Waals surface area contributed by atoms with E-state index in [-0.39, 0.29) is 30.0 Å². The third-order valence-corrected chi connectivity index (χ3v) is 5.59. The van der Waals surface area contributed by atoms with E-state index in [1.807, 2.05) is 18.7 Å². The molecule has 2 N–H and O–H groups in total. The van der Waals surface area contributed by atoms with Gasteiger partial charge in [0.15, 0.2) is 0 Å². The Labute approximate surface area is 150 Å². The molecule has 3 heterocycles. The summed E-state index contributed by atoms with van der Waals surface area (Å²) in [5.74, 6) is 0.246. The molecule has 3 aliphatic rings. The zero-order chi connectivity index (χ0) is 17.8. The van der Waals surface area contributed by atoms with Crippen LogP contribution < -0.4 is 10.6 Å². The summed E-state index contributed by atoms with van der Waals surface area (Å²) in [7, 11) is 0. The monoisotopic (exact) mass is 352 g/mol. The van der Waals surface area contributed by atoms with Crippen molar-refractivity contribution in [3.8, 4) is 0 Å². The molecule has 3 saturated heterocycles. The highest BCUT2D eigenvalue weighted by Crippen LogP contribution is 2.22. The van der Waals surface area contributed by atoms with Gasteiger partial charge in [-0.15, -0.1) is 0 Å². The van der Waals surface area contributed by atoms with Crippen LogP contribution >= 0.6 is 0 Å². The summed E-state index contributed by atoms with van der Waals surface area (Å²) < 4.78 is 5.87. The van der Waals surface area contributed by atoms with Crippen molar-refractivity contribution in [2.75, 3.05) is 39.3 Å². The summed E-state index contributed by atoms with van der Waals surface area (Å²) >= 11 is 0. The van der Waals surface area contributed by atoms with Crippen LogP contribution in [0.3, 0.4) is 0 Å².